The first-order chi connectivity index (χ1) is 9.15. The number of aromatic nitrogens is 1. The van der Waals surface area contributed by atoms with E-state index in [0.29, 0.717) is 18.0 Å². The van der Waals surface area contributed by atoms with Crippen LogP contribution in [0.5, 0.6) is 0 Å². The van der Waals surface area contributed by atoms with Gasteiger partial charge in [-0.2, -0.15) is 0 Å². The summed E-state index contributed by atoms with van der Waals surface area (Å²) in [5.74, 6) is -0.00530. The van der Waals surface area contributed by atoms with E-state index in [1.807, 2.05) is 31.2 Å². The molecular weight excluding hydrogens is 260 g/mol. The van der Waals surface area contributed by atoms with Crippen molar-refractivity contribution in [3.05, 3.63) is 64.4 Å². The first kappa shape index (κ1) is 13.6. The molecule has 0 aliphatic rings. The molecule has 1 amide bonds. The van der Waals surface area contributed by atoms with Crippen molar-refractivity contribution in [1.82, 2.24) is 10.3 Å². The van der Waals surface area contributed by atoms with Gasteiger partial charge in [0.2, 0.25) is 5.91 Å². The van der Waals surface area contributed by atoms with E-state index in [9.17, 15) is 4.79 Å². The number of amides is 1. The molecule has 0 spiro atoms. The van der Waals surface area contributed by atoms with Crippen LogP contribution in [0, 0.1) is 6.92 Å². The minimum atomic E-state index is -0.00530. The van der Waals surface area contributed by atoms with E-state index in [-0.39, 0.29) is 5.91 Å². The van der Waals surface area contributed by atoms with E-state index in [1.54, 1.807) is 18.5 Å². The number of carbonyl (C=O) groups is 1. The predicted molar refractivity (Wildman–Crippen MR) is 76.0 cm³/mol. The molecule has 19 heavy (non-hydrogen) atoms. The Balaban J connectivity index is 1.91. The molecule has 0 bridgehead atoms. The van der Waals surface area contributed by atoms with Gasteiger partial charge in [-0.1, -0.05) is 23.7 Å². The summed E-state index contributed by atoms with van der Waals surface area (Å²) < 4.78 is 0. The van der Waals surface area contributed by atoms with Crippen molar-refractivity contribution in [2.75, 3.05) is 0 Å². The van der Waals surface area contributed by atoms with E-state index >= 15 is 0 Å². The number of halogens is 1. The second kappa shape index (κ2) is 6.34. The van der Waals surface area contributed by atoms with Crippen LogP contribution in [-0.2, 0) is 17.8 Å². The van der Waals surface area contributed by atoms with E-state index in [2.05, 4.69) is 10.3 Å². The molecule has 2 rings (SSSR count). The highest BCUT2D eigenvalue weighted by Gasteiger charge is 2.06. The topological polar surface area (TPSA) is 42.0 Å². The number of nitrogens with one attached hydrogen (secondary N) is 1. The average Bonchev–Trinajstić information content (AvgIpc) is 2.41. The van der Waals surface area contributed by atoms with Crippen LogP contribution in [0.15, 0.2) is 42.7 Å². The average molecular weight is 275 g/mol. The summed E-state index contributed by atoms with van der Waals surface area (Å²) in [6, 6.07) is 9.34. The standard InChI is InChI=1S/C15H15ClN2O/c1-11-7-14(16)5-4-13(11)8-15(19)18-10-12-3-2-6-17-9-12/h2-7,9H,8,10H2,1H3,(H,18,19). The number of rotatable bonds is 4. The largest absolute Gasteiger partial charge is 0.352 e. The maximum Gasteiger partial charge on any atom is 0.224 e. The zero-order chi connectivity index (χ0) is 13.7. The molecule has 0 saturated heterocycles. The van der Waals surface area contributed by atoms with Gasteiger partial charge >= 0.3 is 0 Å². The van der Waals surface area contributed by atoms with Gasteiger partial charge < -0.3 is 5.32 Å². The predicted octanol–water partition coefficient (Wildman–Crippen LogP) is 2.90. The van der Waals surface area contributed by atoms with E-state index in [4.69, 9.17) is 11.6 Å². The Morgan fingerprint density at radius 2 is 2.21 bits per heavy atom. The quantitative estimate of drug-likeness (QED) is 0.931. The molecule has 1 heterocycles. The molecule has 0 atom stereocenters. The molecule has 0 unspecified atom stereocenters. The second-order valence-electron chi connectivity index (χ2n) is 4.39. The summed E-state index contributed by atoms with van der Waals surface area (Å²) >= 11 is 5.89. The van der Waals surface area contributed by atoms with Crippen molar-refractivity contribution in [3.63, 3.8) is 0 Å². The van der Waals surface area contributed by atoms with Gasteiger partial charge in [0.1, 0.15) is 0 Å². The van der Waals surface area contributed by atoms with Crippen molar-refractivity contribution in [1.29, 1.82) is 0 Å². The minimum Gasteiger partial charge on any atom is -0.352 e. The lowest BCUT2D eigenvalue weighted by Crippen LogP contribution is -2.24. The molecule has 0 radical (unpaired) electrons. The number of benzene rings is 1. The highest BCUT2D eigenvalue weighted by molar-refractivity contribution is 6.30. The van der Waals surface area contributed by atoms with Crippen LogP contribution in [0.4, 0.5) is 0 Å². The van der Waals surface area contributed by atoms with Gasteiger partial charge in [-0.25, -0.2) is 0 Å². The van der Waals surface area contributed by atoms with Crippen LogP contribution in [0.25, 0.3) is 0 Å². The molecule has 98 valence electrons. The molecule has 3 nitrogen and oxygen atoms in total. The fraction of sp³-hybridized carbons (Fsp3) is 0.200. The summed E-state index contributed by atoms with van der Waals surface area (Å²) in [5, 5.41) is 3.57. The number of carbonyl (C=O) groups excluding carboxylic acids is 1. The Morgan fingerprint density at radius 1 is 1.37 bits per heavy atom. The maximum absolute atomic E-state index is 11.9. The Labute approximate surface area is 117 Å². The fourth-order valence-corrected chi connectivity index (χ4v) is 2.02. The van der Waals surface area contributed by atoms with Crippen molar-refractivity contribution in [2.24, 2.45) is 0 Å². The molecule has 0 fully saturated rings. The monoisotopic (exact) mass is 274 g/mol. The summed E-state index contributed by atoms with van der Waals surface area (Å²) in [6.07, 6.45) is 3.82. The Morgan fingerprint density at radius 3 is 2.89 bits per heavy atom. The van der Waals surface area contributed by atoms with Gasteiger partial charge in [-0.3, -0.25) is 9.78 Å². The van der Waals surface area contributed by atoms with Crippen molar-refractivity contribution >= 4 is 17.5 Å². The Kier molecular flexibility index (Phi) is 4.53. The highest BCUT2D eigenvalue weighted by Crippen LogP contribution is 2.15. The number of hydrogen-bond acceptors (Lipinski definition) is 2. The SMILES string of the molecule is Cc1cc(Cl)ccc1CC(=O)NCc1cccnc1. The lowest BCUT2D eigenvalue weighted by atomic mass is 10.1. The van der Waals surface area contributed by atoms with Crippen LogP contribution >= 0.6 is 11.6 Å². The molecule has 2 aromatic rings. The molecule has 1 aromatic carbocycles. The number of pyridine rings is 1. The number of nitrogens with zero attached hydrogens (tertiary/aromatic N) is 1. The molecule has 0 aliphatic heterocycles. The van der Waals surface area contributed by atoms with Crippen molar-refractivity contribution < 1.29 is 4.79 Å². The zero-order valence-electron chi connectivity index (χ0n) is 10.7. The summed E-state index contributed by atoms with van der Waals surface area (Å²) in [5.41, 5.74) is 3.01. The van der Waals surface area contributed by atoms with Crippen molar-refractivity contribution in [2.45, 2.75) is 19.9 Å². The maximum atomic E-state index is 11.9. The molecule has 0 aliphatic carbocycles. The number of hydrogen-bond donors (Lipinski definition) is 1. The Hall–Kier alpha value is -1.87. The normalized spacial score (nSPS) is 10.2. The molecular formula is C15H15ClN2O. The molecule has 1 aromatic heterocycles. The summed E-state index contributed by atoms with van der Waals surface area (Å²) in [6.45, 7) is 2.45. The van der Waals surface area contributed by atoms with E-state index in [0.717, 1.165) is 16.7 Å². The van der Waals surface area contributed by atoms with Gasteiger partial charge in [0.15, 0.2) is 0 Å². The third-order valence-electron chi connectivity index (χ3n) is 2.87. The van der Waals surface area contributed by atoms with Crippen molar-refractivity contribution in [3.8, 4) is 0 Å². The lowest BCUT2D eigenvalue weighted by molar-refractivity contribution is -0.120. The fourth-order valence-electron chi connectivity index (χ4n) is 1.80. The van der Waals surface area contributed by atoms with Crippen LogP contribution in [0.2, 0.25) is 5.02 Å². The second-order valence-corrected chi connectivity index (χ2v) is 4.82. The molecule has 1 N–H and O–H groups in total. The van der Waals surface area contributed by atoms with Crippen LogP contribution in [-0.4, -0.2) is 10.9 Å². The first-order valence-electron chi connectivity index (χ1n) is 6.06. The van der Waals surface area contributed by atoms with E-state index < -0.39 is 0 Å². The summed E-state index contributed by atoms with van der Waals surface area (Å²) in [4.78, 5) is 15.9. The lowest BCUT2D eigenvalue weighted by Gasteiger charge is -2.07. The van der Waals surface area contributed by atoms with Crippen LogP contribution in [0.3, 0.4) is 0 Å². The zero-order valence-corrected chi connectivity index (χ0v) is 11.4. The van der Waals surface area contributed by atoms with Crippen LogP contribution < -0.4 is 5.32 Å². The third kappa shape index (κ3) is 4.07. The Bertz CT molecular complexity index is 570. The minimum absolute atomic E-state index is 0.00530. The van der Waals surface area contributed by atoms with Gasteiger partial charge in [0.25, 0.3) is 0 Å². The van der Waals surface area contributed by atoms with Gasteiger partial charge in [0.05, 0.1) is 6.42 Å². The van der Waals surface area contributed by atoms with Gasteiger partial charge in [-0.15, -0.1) is 0 Å². The number of aryl methyl sites for hydroxylation is 1. The molecule has 4 heteroatoms. The first-order valence-corrected chi connectivity index (χ1v) is 6.43. The van der Waals surface area contributed by atoms with E-state index in [1.165, 1.54) is 0 Å². The third-order valence-corrected chi connectivity index (χ3v) is 3.10. The van der Waals surface area contributed by atoms with Gasteiger partial charge in [-0.05, 0) is 41.8 Å². The summed E-state index contributed by atoms with van der Waals surface area (Å²) in [7, 11) is 0. The molecule has 0 saturated carbocycles. The highest BCUT2D eigenvalue weighted by atomic mass is 35.5. The van der Waals surface area contributed by atoms with Gasteiger partial charge in [0, 0.05) is 24.0 Å². The smallest absolute Gasteiger partial charge is 0.224 e. The van der Waals surface area contributed by atoms with Crippen LogP contribution in [0.1, 0.15) is 16.7 Å².